The smallest absolute Gasteiger partial charge is 0.335 e. The van der Waals surface area contributed by atoms with E-state index in [2.05, 4.69) is 35.1 Å². The molecule has 2 aromatic carbocycles. The lowest BCUT2D eigenvalue weighted by atomic mass is 10.1. The third kappa shape index (κ3) is 2.73. The predicted molar refractivity (Wildman–Crippen MR) is 93.4 cm³/mol. The van der Waals surface area contributed by atoms with Gasteiger partial charge >= 0.3 is 5.97 Å². The second kappa shape index (κ2) is 5.67. The van der Waals surface area contributed by atoms with E-state index in [4.69, 9.17) is 10.1 Å². The van der Waals surface area contributed by atoms with E-state index in [0.29, 0.717) is 18.0 Å². The van der Waals surface area contributed by atoms with Gasteiger partial charge in [0.2, 0.25) is 0 Å². The number of aromatic nitrogens is 2. The number of carbonyl (C=O) groups is 1. The van der Waals surface area contributed by atoms with Crippen molar-refractivity contribution in [2.75, 3.05) is 5.32 Å². The zero-order chi connectivity index (χ0) is 16.7. The van der Waals surface area contributed by atoms with Crippen LogP contribution < -0.4 is 5.32 Å². The summed E-state index contributed by atoms with van der Waals surface area (Å²) in [7, 11) is 2.08. The molecule has 122 valence electrons. The Balaban J connectivity index is 1.51. The third-order valence-corrected chi connectivity index (χ3v) is 4.56. The van der Waals surface area contributed by atoms with Gasteiger partial charge in [0.15, 0.2) is 0 Å². The molecule has 2 N–H and O–H groups in total. The summed E-state index contributed by atoms with van der Waals surface area (Å²) in [6.07, 6.45) is 2.49. The Bertz CT molecular complexity index is 908. The average Bonchev–Trinajstić information content (AvgIpc) is 3.38. The lowest BCUT2D eigenvalue weighted by Gasteiger charge is -2.07. The normalized spacial score (nSPS) is 14.0. The zero-order valence-electron chi connectivity index (χ0n) is 13.5. The molecule has 3 aromatic rings. The highest BCUT2D eigenvalue weighted by Gasteiger charge is 2.28. The number of hydrogen-bond acceptors (Lipinski definition) is 3. The van der Waals surface area contributed by atoms with Crippen LogP contribution in [-0.2, 0) is 13.6 Å². The number of aryl methyl sites for hydroxylation is 1. The van der Waals surface area contributed by atoms with Crippen molar-refractivity contribution in [3.05, 3.63) is 59.4 Å². The maximum Gasteiger partial charge on any atom is 0.335 e. The molecule has 0 bridgehead atoms. The molecular weight excluding hydrogens is 302 g/mol. The highest BCUT2D eigenvalue weighted by Crippen LogP contribution is 2.40. The van der Waals surface area contributed by atoms with E-state index in [-0.39, 0.29) is 0 Å². The highest BCUT2D eigenvalue weighted by atomic mass is 16.4. The van der Waals surface area contributed by atoms with Gasteiger partial charge in [-0.25, -0.2) is 9.78 Å². The molecule has 1 aliphatic rings. The second-order valence-electron chi connectivity index (χ2n) is 6.36. The van der Waals surface area contributed by atoms with Crippen LogP contribution in [0.4, 0.5) is 5.69 Å². The summed E-state index contributed by atoms with van der Waals surface area (Å²) in [5, 5.41) is 12.3. The van der Waals surface area contributed by atoms with Crippen molar-refractivity contribution in [2.45, 2.75) is 25.3 Å². The molecule has 1 heterocycles. The van der Waals surface area contributed by atoms with E-state index in [9.17, 15) is 4.79 Å². The number of nitrogens with zero attached hydrogens (tertiary/aromatic N) is 2. The zero-order valence-corrected chi connectivity index (χ0v) is 13.5. The number of anilines is 1. The van der Waals surface area contributed by atoms with Gasteiger partial charge in [0.05, 0.1) is 16.6 Å². The number of imidazole rings is 1. The molecule has 0 aliphatic heterocycles. The van der Waals surface area contributed by atoms with Gasteiger partial charge in [-0.2, -0.15) is 0 Å². The molecular formula is C19H19N3O2. The van der Waals surface area contributed by atoms with Crippen molar-refractivity contribution in [3.63, 3.8) is 0 Å². The molecule has 5 heteroatoms. The molecule has 5 nitrogen and oxygen atoms in total. The first kappa shape index (κ1) is 14.8. The number of carboxylic acids is 1. The number of nitrogens with one attached hydrogen (secondary N) is 1. The van der Waals surface area contributed by atoms with Crippen molar-refractivity contribution < 1.29 is 9.90 Å². The maximum atomic E-state index is 10.9. The molecule has 0 saturated heterocycles. The molecule has 4 rings (SSSR count). The fraction of sp³-hybridized carbons (Fsp3) is 0.263. The summed E-state index contributed by atoms with van der Waals surface area (Å²) in [6.45, 7) is 0.647. The molecule has 0 amide bonds. The van der Waals surface area contributed by atoms with Gasteiger partial charge in [-0.3, -0.25) is 0 Å². The van der Waals surface area contributed by atoms with Crippen LogP contribution in [-0.4, -0.2) is 20.6 Å². The summed E-state index contributed by atoms with van der Waals surface area (Å²) in [5.41, 5.74) is 4.55. The fourth-order valence-corrected chi connectivity index (χ4v) is 3.00. The molecule has 1 aliphatic carbocycles. The lowest BCUT2D eigenvalue weighted by molar-refractivity contribution is 0.0697. The van der Waals surface area contributed by atoms with E-state index >= 15 is 0 Å². The standard InChI is InChI=1S/C19H19N3O2/c1-22-17-9-8-15(10-16(17)21-18(22)13-6-7-13)20-11-12-2-4-14(5-3-12)19(23)24/h2-5,8-10,13,20H,6-7,11H2,1H3,(H,23,24). The molecule has 1 saturated carbocycles. The molecule has 24 heavy (non-hydrogen) atoms. The number of carboxylic acid groups (broad SMARTS) is 1. The summed E-state index contributed by atoms with van der Waals surface area (Å²) >= 11 is 0. The molecule has 1 aromatic heterocycles. The first-order valence-corrected chi connectivity index (χ1v) is 8.14. The summed E-state index contributed by atoms with van der Waals surface area (Å²) in [4.78, 5) is 15.7. The molecule has 0 radical (unpaired) electrons. The van der Waals surface area contributed by atoms with Crippen molar-refractivity contribution in [2.24, 2.45) is 7.05 Å². The van der Waals surface area contributed by atoms with E-state index < -0.39 is 5.97 Å². The molecule has 0 spiro atoms. The first-order chi connectivity index (χ1) is 11.6. The van der Waals surface area contributed by atoms with Gasteiger partial charge in [0.1, 0.15) is 5.82 Å². The number of aromatic carboxylic acids is 1. The van der Waals surface area contributed by atoms with Crippen molar-refractivity contribution in [1.29, 1.82) is 0 Å². The Hall–Kier alpha value is -2.82. The van der Waals surface area contributed by atoms with Crippen LogP contribution in [0.5, 0.6) is 0 Å². The van der Waals surface area contributed by atoms with Gasteiger partial charge in [-0.05, 0) is 48.7 Å². The minimum Gasteiger partial charge on any atom is -0.478 e. The summed E-state index contributed by atoms with van der Waals surface area (Å²) in [6, 6.07) is 13.2. The van der Waals surface area contributed by atoms with Gasteiger partial charge in [-0.15, -0.1) is 0 Å². The number of fused-ring (bicyclic) bond motifs is 1. The monoisotopic (exact) mass is 321 g/mol. The molecule has 1 fully saturated rings. The fourth-order valence-electron chi connectivity index (χ4n) is 3.00. The minimum absolute atomic E-state index is 0.307. The van der Waals surface area contributed by atoms with Crippen molar-refractivity contribution in [1.82, 2.24) is 9.55 Å². The van der Waals surface area contributed by atoms with Gasteiger partial charge in [0.25, 0.3) is 0 Å². The van der Waals surface area contributed by atoms with Gasteiger partial charge in [0, 0.05) is 25.2 Å². The van der Waals surface area contributed by atoms with Crippen LogP contribution in [0.25, 0.3) is 11.0 Å². The van der Waals surface area contributed by atoms with Gasteiger partial charge in [-0.1, -0.05) is 12.1 Å². The average molecular weight is 321 g/mol. The van der Waals surface area contributed by atoms with Crippen LogP contribution >= 0.6 is 0 Å². The number of hydrogen-bond donors (Lipinski definition) is 2. The Morgan fingerprint density at radius 2 is 2.00 bits per heavy atom. The lowest BCUT2D eigenvalue weighted by Crippen LogP contribution is -2.01. The van der Waals surface area contributed by atoms with Crippen LogP contribution in [0.15, 0.2) is 42.5 Å². The third-order valence-electron chi connectivity index (χ3n) is 4.56. The second-order valence-corrected chi connectivity index (χ2v) is 6.36. The van der Waals surface area contributed by atoms with Crippen molar-refractivity contribution in [3.8, 4) is 0 Å². The minimum atomic E-state index is -0.901. The van der Waals surface area contributed by atoms with Crippen LogP contribution in [0.1, 0.15) is 40.5 Å². The highest BCUT2D eigenvalue weighted by molar-refractivity contribution is 5.87. The predicted octanol–water partition coefficient (Wildman–Crippen LogP) is 3.76. The SMILES string of the molecule is Cn1c(C2CC2)nc2cc(NCc3ccc(C(=O)O)cc3)ccc21. The van der Waals surface area contributed by atoms with Crippen LogP contribution in [0.3, 0.4) is 0 Å². The van der Waals surface area contributed by atoms with Gasteiger partial charge < -0.3 is 15.0 Å². The van der Waals surface area contributed by atoms with Crippen LogP contribution in [0.2, 0.25) is 0 Å². The number of rotatable bonds is 5. The topological polar surface area (TPSA) is 67.2 Å². The Labute approximate surface area is 139 Å². The Kier molecular flexibility index (Phi) is 3.49. The van der Waals surface area contributed by atoms with E-state index in [0.717, 1.165) is 22.3 Å². The quantitative estimate of drug-likeness (QED) is 0.751. The summed E-state index contributed by atoms with van der Waals surface area (Å²) < 4.78 is 2.20. The van der Waals surface area contributed by atoms with Crippen molar-refractivity contribution >= 4 is 22.7 Å². The number of benzene rings is 2. The Morgan fingerprint density at radius 3 is 2.67 bits per heavy atom. The van der Waals surface area contributed by atoms with E-state index in [1.54, 1.807) is 12.1 Å². The van der Waals surface area contributed by atoms with E-state index in [1.807, 2.05) is 12.1 Å². The van der Waals surface area contributed by atoms with E-state index in [1.165, 1.54) is 18.7 Å². The maximum absolute atomic E-state index is 10.9. The van der Waals surface area contributed by atoms with Crippen LogP contribution in [0, 0.1) is 0 Å². The molecule has 0 unspecified atom stereocenters. The largest absolute Gasteiger partial charge is 0.478 e. The molecule has 0 atom stereocenters. The summed E-state index contributed by atoms with van der Waals surface area (Å²) in [5.74, 6) is 0.916. The Morgan fingerprint density at radius 1 is 1.25 bits per heavy atom. The first-order valence-electron chi connectivity index (χ1n) is 8.14.